The number of benzene rings is 1. The minimum atomic E-state index is -0.304. The molecular formula is C20H27FN4O. The number of aryl methyl sites for hydroxylation is 1. The number of halogens is 1. The van der Waals surface area contributed by atoms with Crippen molar-refractivity contribution >= 4 is 5.82 Å². The van der Waals surface area contributed by atoms with Gasteiger partial charge in [-0.05, 0) is 24.6 Å². The molecule has 1 aromatic heterocycles. The molecule has 3 rings (SSSR count). The highest BCUT2D eigenvalue weighted by Crippen LogP contribution is 2.21. The van der Waals surface area contributed by atoms with Crippen molar-refractivity contribution < 1.29 is 9.13 Å². The largest absolute Gasteiger partial charge is 0.494 e. The highest BCUT2D eigenvalue weighted by Gasteiger charge is 2.20. The fourth-order valence-corrected chi connectivity index (χ4v) is 3.20. The molecule has 5 nitrogen and oxygen atoms in total. The van der Waals surface area contributed by atoms with Gasteiger partial charge in [-0.1, -0.05) is 19.9 Å². The predicted octanol–water partition coefficient (Wildman–Crippen LogP) is 3.38. The normalized spacial score (nSPS) is 15.5. The van der Waals surface area contributed by atoms with Crippen LogP contribution in [-0.2, 0) is 6.54 Å². The van der Waals surface area contributed by atoms with Gasteiger partial charge >= 0.3 is 0 Å². The standard InChI is InChI=1S/C20H27FN4O/c1-14(2)20-22-15(3)11-19(23-20)25-9-7-24(8-10-25)13-16-5-6-18(26-4)17(21)12-16/h5-6,11-12,14H,7-10,13H2,1-4H3. The quantitative estimate of drug-likeness (QED) is 0.820. The number of methoxy groups -OCH3 is 1. The van der Waals surface area contributed by atoms with E-state index in [1.165, 1.54) is 7.11 Å². The zero-order valence-corrected chi connectivity index (χ0v) is 16.0. The first kappa shape index (κ1) is 18.6. The van der Waals surface area contributed by atoms with Gasteiger partial charge in [0.05, 0.1) is 7.11 Å². The molecule has 0 spiro atoms. The molecule has 0 aliphatic carbocycles. The summed E-state index contributed by atoms with van der Waals surface area (Å²) in [4.78, 5) is 13.9. The van der Waals surface area contributed by atoms with Crippen LogP contribution in [0.5, 0.6) is 5.75 Å². The lowest BCUT2D eigenvalue weighted by Crippen LogP contribution is -2.46. The summed E-state index contributed by atoms with van der Waals surface area (Å²) in [5, 5.41) is 0. The average molecular weight is 358 g/mol. The van der Waals surface area contributed by atoms with Crippen molar-refractivity contribution in [3.05, 3.63) is 47.2 Å². The van der Waals surface area contributed by atoms with Crippen molar-refractivity contribution in [1.29, 1.82) is 0 Å². The maximum atomic E-state index is 13.9. The van der Waals surface area contributed by atoms with Gasteiger partial charge in [0.2, 0.25) is 0 Å². The van der Waals surface area contributed by atoms with Crippen LogP contribution in [-0.4, -0.2) is 48.2 Å². The molecule has 0 amide bonds. The molecule has 1 aliphatic heterocycles. The zero-order valence-electron chi connectivity index (χ0n) is 16.0. The number of aromatic nitrogens is 2. The molecule has 140 valence electrons. The van der Waals surface area contributed by atoms with E-state index in [4.69, 9.17) is 9.72 Å². The molecule has 1 aliphatic rings. The van der Waals surface area contributed by atoms with E-state index in [-0.39, 0.29) is 5.82 Å². The van der Waals surface area contributed by atoms with Crippen molar-refractivity contribution in [2.45, 2.75) is 33.2 Å². The molecule has 1 saturated heterocycles. The third kappa shape index (κ3) is 4.30. The van der Waals surface area contributed by atoms with Crippen molar-refractivity contribution in [2.24, 2.45) is 0 Å². The van der Waals surface area contributed by atoms with Gasteiger partial charge < -0.3 is 9.64 Å². The first-order valence-electron chi connectivity index (χ1n) is 9.11. The molecule has 0 radical (unpaired) electrons. The topological polar surface area (TPSA) is 41.5 Å². The smallest absolute Gasteiger partial charge is 0.165 e. The van der Waals surface area contributed by atoms with Crippen molar-refractivity contribution in [2.75, 3.05) is 38.2 Å². The van der Waals surface area contributed by atoms with Crippen LogP contribution in [0.4, 0.5) is 10.2 Å². The molecule has 6 heteroatoms. The Hall–Kier alpha value is -2.21. The van der Waals surface area contributed by atoms with Gasteiger partial charge in [-0.25, -0.2) is 14.4 Å². The third-order valence-corrected chi connectivity index (χ3v) is 4.69. The lowest BCUT2D eigenvalue weighted by molar-refractivity contribution is 0.248. The number of anilines is 1. The van der Waals surface area contributed by atoms with Crippen molar-refractivity contribution in [3.8, 4) is 5.75 Å². The minimum absolute atomic E-state index is 0.290. The Morgan fingerprint density at radius 3 is 2.46 bits per heavy atom. The number of nitrogens with zero attached hydrogens (tertiary/aromatic N) is 4. The third-order valence-electron chi connectivity index (χ3n) is 4.69. The first-order chi connectivity index (χ1) is 12.5. The van der Waals surface area contributed by atoms with E-state index in [0.717, 1.165) is 55.6 Å². The van der Waals surface area contributed by atoms with Gasteiger partial charge in [-0.3, -0.25) is 4.90 Å². The number of piperazine rings is 1. The van der Waals surface area contributed by atoms with E-state index in [9.17, 15) is 4.39 Å². The van der Waals surface area contributed by atoms with Crippen molar-refractivity contribution in [3.63, 3.8) is 0 Å². The van der Waals surface area contributed by atoms with E-state index >= 15 is 0 Å². The Morgan fingerprint density at radius 1 is 1.12 bits per heavy atom. The first-order valence-corrected chi connectivity index (χ1v) is 9.11. The summed E-state index contributed by atoms with van der Waals surface area (Å²) in [5.74, 6) is 2.22. The second-order valence-corrected chi connectivity index (χ2v) is 7.11. The Morgan fingerprint density at radius 2 is 1.85 bits per heavy atom. The molecule has 0 bridgehead atoms. The van der Waals surface area contributed by atoms with Crippen LogP contribution in [0.1, 0.15) is 36.8 Å². The monoisotopic (exact) mass is 358 g/mol. The Balaban J connectivity index is 1.62. The zero-order chi connectivity index (χ0) is 18.7. The molecule has 1 aromatic carbocycles. The summed E-state index contributed by atoms with van der Waals surface area (Å²) in [7, 11) is 1.48. The maximum absolute atomic E-state index is 13.9. The molecule has 0 unspecified atom stereocenters. The van der Waals surface area contributed by atoms with Crippen LogP contribution in [0.25, 0.3) is 0 Å². The molecular weight excluding hydrogens is 331 g/mol. The lowest BCUT2D eigenvalue weighted by atomic mass is 10.1. The van der Waals surface area contributed by atoms with Crippen LogP contribution in [0.2, 0.25) is 0 Å². The van der Waals surface area contributed by atoms with Gasteiger partial charge in [-0.15, -0.1) is 0 Å². The number of hydrogen-bond acceptors (Lipinski definition) is 5. The van der Waals surface area contributed by atoms with E-state index in [2.05, 4.69) is 34.7 Å². The van der Waals surface area contributed by atoms with E-state index in [1.807, 2.05) is 13.0 Å². The summed E-state index contributed by atoms with van der Waals surface area (Å²) in [6.07, 6.45) is 0. The summed E-state index contributed by atoms with van der Waals surface area (Å²) in [5.41, 5.74) is 1.98. The van der Waals surface area contributed by atoms with Crippen LogP contribution in [0, 0.1) is 12.7 Å². The maximum Gasteiger partial charge on any atom is 0.165 e. The van der Waals surface area contributed by atoms with Gasteiger partial charge in [0.1, 0.15) is 11.6 Å². The van der Waals surface area contributed by atoms with Gasteiger partial charge in [0, 0.05) is 50.4 Å². The Bertz CT molecular complexity index is 757. The van der Waals surface area contributed by atoms with E-state index < -0.39 is 0 Å². The second-order valence-electron chi connectivity index (χ2n) is 7.11. The molecule has 26 heavy (non-hydrogen) atoms. The van der Waals surface area contributed by atoms with E-state index in [1.54, 1.807) is 12.1 Å². The Kier molecular flexibility index (Phi) is 5.71. The highest BCUT2D eigenvalue weighted by atomic mass is 19.1. The molecule has 2 aromatic rings. The summed E-state index contributed by atoms with van der Waals surface area (Å²) in [6.45, 7) is 10.7. The summed E-state index contributed by atoms with van der Waals surface area (Å²) in [6, 6.07) is 7.24. The fourth-order valence-electron chi connectivity index (χ4n) is 3.20. The Labute approximate surface area is 154 Å². The summed E-state index contributed by atoms with van der Waals surface area (Å²) < 4.78 is 18.8. The van der Waals surface area contributed by atoms with Crippen LogP contribution in [0.15, 0.2) is 24.3 Å². The molecule has 2 heterocycles. The van der Waals surface area contributed by atoms with Gasteiger partial charge in [0.15, 0.2) is 11.6 Å². The van der Waals surface area contributed by atoms with Gasteiger partial charge in [0.25, 0.3) is 0 Å². The lowest BCUT2D eigenvalue weighted by Gasteiger charge is -2.35. The van der Waals surface area contributed by atoms with Crippen LogP contribution >= 0.6 is 0 Å². The second kappa shape index (κ2) is 7.99. The minimum Gasteiger partial charge on any atom is -0.494 e. The fraction of sp³-hybridized carbons (Fsp3) is 0.500. The van der Waals surface area contributed by atoms with Crippen LogP contribution < -0.4 is 9.64 Å². The number of ether oxygens (including phenoxy) is 1. The predicted molar refractivity (Wildman–Crippen MR) is 101 cm³/mol. The SMILES string of the molecule is COc1ccc(CN2CCN(c3cc(C)nc(C(C)C)n3)CC2)cc1F. The number of rotatable bonds is 5. The van der Waals surface area contributed by atoms with Crippen molar-refractivity contribution in [1.82, 2.24) is 14.9 Å². The van der Waals surface area contributed by atoms with E-state index in [0.29, 0.717) is 11.7 Å². The highest BCUT2D eigenvalue weighted by molar-refractivity contribution is 5.40. The average Bonchev–Trinajstić information content (AvgIpc) is 2.62. The van der Waals surface area contributed by atoms with Crippen LogP contribution in [0.3, 0.4) is 0 Å². The summed E-state index contributed by atoms with van der Waals surface area (Å²) >= 11 is 0. The van der Waals surface area contributed by atoms with Gasteiger partial charge in [-0.2, -0.15) is 0 Å². The molecule has 0 N–H and O–H groups in total. The number of hydrogen-bond donors (Lipinski definition) is 0. The molecule has 0 atom stereocenters. The molecule has 0 saturated carbocycles. The molecule has 1 fully saturated rings.